The van der Waals surface area contributed by atoms with E-state index in [1.165, 1.54) is 12.8 Å². The molecule has 0 bridgehead atoms. The molecule has 0 heteroatoms. The maximum absolute atomic E-state index is 2.44. The molecule has 1 fully saturated rings. The summed E-state index contributed by atoms with van der Waals surface area (Å²) in [4.78, 5) is 0. The van der Waals surface area contributed by atoms with Gasteiger partial charge in [-0.05, 0) is 37.0 Å². The van der Waals surface area contributed by atoms with Crippen LogP contribution in [-0.2, 0) is 0 Å². The van der Waals surface area contributed by atoms with Crippen LogP contribution < -0.4 is 0 Å². The summed E-state index contributed by atoms with van der Waals surface area (Å²) in [6, 6.07) is 0. The molecule has 0 aromatic carbocycles. The molecule has 2 aliphatic carbocycles. The number of fused-ring (bicyclic) bond motifs is 1. The maximum atomic E-state index is 2.44. The van der Waals surface area contributed by atoms with Crippen molar-refractivity contribution in [2.45, 2.75) is 33.6 Å². The molecule has 0 aromatic rings. The minimum Gasteiger partial charge on any atom is -0.0847 e. The van der Waals surface area contributed by atoms with Crippen LogP contribution in [-0.4, -0.2) is 0 Å². The standard InChI is InChI=1S/C10H16/c1-7(2)10-5-4-8(3)9(10)6-10/h4,7,9H,5-6H2,1-3H3. The molecule has 0 saturated heterocycles. The minimum atomic E-state index is 0.740. The Bertz CT molecular complexity index is 188. The van der Waals surface area contributed by atoms with Crippen molar-refractivity contribution >= 4 is 0 Å². The Kier molecular flexibility index (Phi) is 1.07. The zero-order chi connectivity index (χ0) is 7.35. The molecule has 0 heterocycles. The van der Waals surface area contributed by atoms with Gasteiger partial charge in [-0.3, -0.25) is 0 Å². The normalized spacial score (nSPS) is 43.6. The van der Waals surface area contributed by atoms with Crippen LogP contribution in [0.15, 0.2) is 11.6 Å². The van der Waals surface area contributed by atoms with E-state index in [-0.39, 0.29) is 0 Å². The summed E-state index contributed by atoms with van der Waals surface area (Å²) in [7, 11) is 0. The first-order chi connectivity index (χ1) is 4.67. The molecule has 0 spiro atoms. The Balaban J connectivity index is 2.17. The van der Waals surface area contributed by atoms with Crippen LogP contribution in [0.25, 0.3) is 0 Å². The Morgan fingerprint density at radius 1 is 1.60 bits per heavy atom. The summed E-state index contributed by atoms with van der Waals surface area (Å²) in [5, 5.41) is 0. The smallest absolute Gasteiger partial charge is 0.0138 e. The minimum absolute atomic E-state index is 0.740. The Morgan fingerprint density at radius 3 is 2.50 bits per heavy atom. The Hall–Kier alpha value is -0.260. The highest BCUT2D eigenvalue weighted by molar-refractivity contribution is 5.28. The molecule has 0 aromatic heterocycles. The lowest BCUT2D eigenvalue weighted by atomic mass is 9.89. The van der Waals surface area contributed by atoms with Gasteiger partial charge in [-0.1, -0.05) is 25.5 Å². The van der Waals surface area contributed by atoms with E-state index < -0.39 is 0 Å². The van der Waals surface area contributed by atoms with Gasteiger partial charge in [-0.25, -0.2) is 0 Å². The predicted octanol–water partition coefficient (Wildman–Crippen LogP) is 3.00. The van der Waals surface area contributed by atoms with Gasteiger partial charge in [-0.15, -0.1) is 0 Å². The van der Waals surface area contributed by atoms with Crippen molar-refractivity contribution < 1.29 is 0 Å². The monoisotopic (exact) mass is 136 g/mol. The number of rotatable bonds is 1. The third-order valence-corrected chi connectivity index (χ3v) is 3.62. The van der Waals surface area contributed by atoms with Crippen molar-refractivity contribution in [3.05, 3.63) is 11.6 Å². The first kappa shape index (κ1) is 6.45. The van der Waals surface area contributed by atoms with Crippen LogP contribution in [0.2, 0.25) is 0 Å². The predicted molar refractivity (Wildman–Crippen MR) is 43.8 cm³/mol. The van der Waals surface area contributed by atoms with E-state index in [0.717, 1.165) is 17.3 Å². The quantitative estimate of drug-likeness (QED) is 0.486. The number of allylic oxidation sites excluding steroid dienone is 2. The lowest BCUT2D eigenvalue weighted by Gasteiger charge is -2.15. The van der Waals surface area contributed by atoms with Crippen molar-refractivity contribution in [1.82, 2.24) is 0 Å². The molecule has 0 N–H and O–H groups in total. The van der Waals surface area contributed by atoms with Crippen LogP contribution in [0.5, 0.6) is 0 Å². The van der Waals surface area contributed by atoms with Crippen LogP contribution >= 0.6 is 0 Å². The second-order valence-electron chi connectivity index (χ2n) is 4.30. The summed E-state index contributed by atoms with van der Waals surface area (Å²) in [6.45, 7) is 7.03. The summed E-state index contributed by atoms with van der Waals surface area (Å²) in [5.41, 5.74) is 2.40. The van der Waals surface area contributed by atoms with Gasteiger partial charge in [0.25, 0.3) is 0 Å². The Labute approximate surface area is 63.3 Å². The second-order valence-corrected chi connectivity index (χ2v) is 4.30. The van der Waals surface area contributed by atoms with E-state index in [9.17, 15) is 0 Å². The first-order valence-corrected chi connectivity index (χ1v) is 4.33. The Morgan fingerprint density at radius 2 is 2.30 bits per heavy atom. The van der Waals surface area contributed by atoms with Gasteiger partial charge in [0.2, 0.25) is 0 Å². The molecule has 2 rings (SSSR count). The molecule has 0 radical (unpaired) electrons. The molecule has 2 unspecified atom stereocenters. The van der Waals surface area contributed by atoms with Crippen molar-refractivity contribution in [2.24, 2.45) is 17.3 Å². The van der Waals surface area contributed by atoms with Gasteiger partial charge in [0, 0.05) is 0 Å². The summed E-state index contributed by atoms with van der Waals surface area (Å²) < 4.78 is 0. The molecular weight excluding hydrogens is 120 g/mol. The summed E-state index contributed by atoms with van der Waals surface area (Å²) >= 11 is 0. The molecule has 2 aliphatic rings. The zero-order valence-electron chi connectivity index (χ0n) is 7.15. The summed E-state index contributed by atoms with van der Waals surface area (Å²) in [6.07, 6.45) is 5.28. The number of hydrogen-bond acceptors (Lipinski definition) is 0. The third-order valence-electron chi connectivity index (χ3n) is 3.62. The van der Waals surface area contributed by atoms with Crippen LogP contribution in [0, 0.1) is 17.3 Å². The molecule has 0 nitrogen and oxygen atoms in total. The van der Waals surface area contributed by atoms with E-state index in [2.05, 4.69) is 26.8 Å². The fourth-order valence-electron chi connectivity index (χ4n) is 2.53. The second kappa shape index (κ2) is 1.66. The van der Waals surface area contributed by atoms with E-state index in [1.54, 1.807) is 5.57 Å². The zero-order valence-corrected chi connectivity index (χ0v) is 7.15. The lowest BCUT2D eigenvalue weighted by Crippen LogP contribution is -2.08. The molecule has 1 saturated carbocycles. The van der Waals surface area contributed by atoms with Gasteiger partial charge in [0.1, 0.15) is 0 Å². The fourth-order valence-corrected chi connectivity index (χ4v) is 2.53. The van der Waals surface area contributed by atoms with Crippen molar-refractivity contribution in [2.75, 3.05) is 0 Å². The SMILES string of the molecule is CC1=CCC2(C(C)C)CC12. The van der Waals surface area contributed by atoms with Gasteiger partial charge < -0.3 is 0 Å². The first-order valence-electron chi connectivity index (χ1n) is 4.33. The van der Waals surface area contributed by atoms with E-state index in [0.29, 0.717) is 0 Å². The van der Waals surface area contributed by atoms with E-state index in [1.807, 2.05) is 0 Å². The molecule has 2 atom stereocenters. The van der Waals surface area contributed by atoms with Crippen LogP contribution in [0.1, 0.15) is 33.6 Å². The van der Waals surface area contributed by atoms with Crippen molar-refractivity contribution in [3.63, 3.8) is 0 Å². The number of hydrogen-bond donors (Lipinski definition) is 0. The van der Waals surface area contributed by atoms with Gasteiger partial charge >= 0.3 is 0 Å². The van der Waals surface area contributed by atoms with Crippen molar-refractivity contribution in [3.8, 4) is 0 Å². The average molecular weight is 136 g/mol. The average Bonchev–Trinajstić information content (AvgIpc) is 2.52. The maximum Gasteiger partial charge on any atom is -0.0138 e. The molecule has 0 amide bonds. The lowest BCUT2D eigenvalue weighted by molar-refractivity contribution is 0.354. The molecule has 0 aliphatic heterocycles. The van der Waals surface area contributed by atoms with Crippen LogP contribution in [0.3, 0.4) is 0 Å². The van der Waals surface area contributed by atoms with Gasteiger partial charge in [0.15, 0.2) is 0 Å². The van der Waals surface area contributed by atoms with Crippen molar-refractivity contribution in [1.29, 1.82) is 0 Å². The topological polar surface area (TPSA) is 0 Å². The summed E-state index contributed by atoms with van der Waals surface area (Å²) in [5.74, 6) is 1.87. The van der Waals surface area contributed by atoms with E-state index >= 15 is 0 Å². The van der Waals surface area contributed by atoms with Gasteiger partial charge in [0.05, 0.1) is 0 Å². The van der Waals surface area contributed by atoms with Crippen LogP contribution in [0.4, 0.5) is 0 Å². The highest BCUT2D eigenvalue weighted by atomic mass is 14.6. The highest BCUT2D eigenvalue weighted by Crippen LogP contribution is 2.67. The third kappa shape index (κ3) is 0.574. The largest absolute Gasteiger partial charge is 0.0847 e. The molecule has 10 heavy (non-hydrogen) atoms. The van der Waals surface area contributed by atoms with E-state index in [4.69, 9.17) is 0 Å². The molecule has 56 valence electrons. The fraction of sp³-hybridized carbons (Fsp3) is 0.800. The highest BCUT2D eigenvalue weighted by Gasteiger charge is 2.58. The van der Waals surface area contributed by atoms with Gasteiger partial charge in [-0.2, -0.15) is 0 Å². The molecular formula is C10H16.